The van der Waals surface area contributed by atoms with Gasteiger partial charge in [-0.25, -0.2) is 0 Å². The van der Waals surface area contributed by atoms with Gasteiger partial charge in [-0.3, -0.25) is 9.59 Å². The van der Waals surface area contributed by atoms with Crippen LogP contribution >= 0.6 is 0 Å². The van der Waals surface area contributed by atoms with Gasteiger partial charge in [0.05, 0.1) is 11.3 Å². The largest absolute Gasteiger partial charge is 0.418 e. The number of aryl methyl sites for hydroxylation is 1. The zero-order valence-corrected chi connectivity index (χ0v) is 15.1. The molecule has 0 fully saturated rings. The molecule has 144 valence electrons. The summed E-state index contributed by atoms with van der Waals surface area (Å²) in [6.45, 7) is 3.78. The molecular formula is C20H21F3N2O2. The summed E-state index contributed by atoms with van der Waals surface area (Å²) in [6.07, 6.45) is -4.65. The fourth-order valence-electron chi connectivity index (χ4n) is 2.63. The van der Waals surface area contributed by atoms with Crippen LogP contribution < -0.4 is 5.32 Å². The fourth-order valence-corrected chi connectivity index (χ4v) is 2.63. The van der Waals surface area contributed by atoms with Crippen LogP contribution in [0.25, 0.3) is 0 Å². The molecule has 0 aliphatic carbocycles. The quantitative estimate of drug-likeness (QED) is 0.810. The normalized spacial score (nSPS) is 11.1. The van der Waals surface area contributed by atoms with Gasteiger partial charge in [0.1, 0.15) is 0 Å². The molecule has 2 aromatic carbocycles. The number of amides is 2. The predicted molar refractivity (Wildman–Crippen MR) is 97.0 cm³/mol. The minimum atomic E-state index is -4.56. The van der Waals surface area contributed by atoms with Gasteiger partial charge in [0.2, 0.25) is 11.8 Å². The van der Waals surface area contributed by atoms with E-state index in [-0.39, 0.29) is 24.6 Å². The second-order valence-corrected chi connectivity index (χ2v) is 6.21. The Hall–Kier alpha value is -2.83. The number of nitrogens with zero attached hydrogens (tertiary/aromatic N) is 1. The van der Waals surface area contributed by atoms with E-state index in [1.54, 1.807) is 0 Å². The third-order valence-corrected chi connectivity index (χ3v) is 4.18. The molecule has 0 aromatic heterocycles. The molecule has 0 radical (unpaired) electrons. The lowest BCUT2D eigenvalue weighted by molar-refractivity contribution is -0.137. The summed E-state index contributed by atoms with van der Waals surface area (Å²) in [5.74, 6) is -0.788. The molecule has 4 nitrogen and oxygen atoms in total. The van der Waals surface area contributed by atoms with Gasteiger partial charge in [-0.2, -0.15) is 13.2 Å². The van der Waals surface area contributed by atoms with Gasteiger partial charge in [-0.1, -0.05) is 36.4 Å². The van der Waals surface area contributed by atoms with Crippen molar-refractivity contribution in [1.29, 1.82) is 0 Å². The molecule has 7 heteroatoms. The summed E-state index contributed by atoms with van der Waals surface area (Å²) in [5.41, 5.74) is 0.785. The topological polar surface area (TPSA) is 49.4 Å². The van der Waals surface area contributed by atoms with E-state index in [1.165, 1.54) is 30.0 Å². The van der Waals surface area contributed by atoms with E-state index in [2.05, 4.69) is 5.32 Å². The zero-order valence-electron chi connectivity index (χ0n) is 15.1. The number of anilines is 1. The van der Waals surface area contributed by atoms with Gasteiger partial charge in [-0.15, -0.1) is 0 Å². The van der Waals surface area contributed by atoms with E-state index in [4.69, 9.17) is 0 Å². The molecule has 0 aliphatic heterocycles. The monoisotopic (exact) mass is 378 g/mol. The second kappa shape index (κ2) is 8.70. The third-order valence-electron chi connectivity index (χ3n) is 4.18. The van der Waals surface area contributed by atoms with Crippen LogP contribution in [-0.2, 0) is 22.3 Å². The highest BCUT2D eigenvalue weighted by Crippen LogP contribution is 2.34. The molecule has 0 aliphatic rings. The molecule has 0 heterocycles. The maximum absolute atomic E-state index is 13.0. The smallest absolute Gasteiger partial charge is 0.338 e. The van der Waals surface area contributed by atoms with Gasteiger partial charge in [0.25, 0.3) is 0 Å². The molecule has 0 bridgehead atoms. The van der Waals surface area contributed by atoms with Crippen LogP contribution in [0.1, 0.15) is 30.0 Å². The zero-order chi connectivity index (χ0) is 20.0. The van der Waals surface area contributed by atoms with Crippen molar-refractivity contribution in [1.82, 2.24) is 4.90 Å². The first-order chi connectivity index (χ1) is 12.7. The van der Waals surface area contributed by atoms with Crippen molar-refractivity contribution < 1.29 is 22.8 Å². The fraction of sp³-hybridized carbons (Fsp3) is 0.300. The van der Waals surface area contributed by atoms with Crippen LogP contribution in [0.5, 0.6) is 0 Å². The second-order valence-electron chi connectivity index (χ2n) is 6.21. The van der Waals surface area contributed by atoms with Crippen molar-refractivity contribution in [2.45, 2.75) is 33.0 Å². The average Bonchev–Trinajstić information content (AvgIpc) is 2.59. The van der Waals surface area contributed by atoms with Gasteiger partial charge in [0.15, 0.2) is 0 Å². The first-order valence-electron chi connectivity index (χ1n) is 8.44. The van der Waals surface area contributed by atoms with Crippen molar-refractivity contribution >= 4 is 17.5 Å². The molecule has 27 heavy (non-hydrogen) atoms. The number of hydrogen-bond donors (Lipinski definition) is 1. The number of alkyl halides is 3. The third kappa shape index (κ3) is 5.84. The number of benzene rings is 2. The lowest BCUT2D eigenvalue weighted by atomic mass is 10.1. The number of nitrogens with one attached hydrogen (secondary N) is 1. The Morgan fingerprint density at radius 1 is 1.04 bits per heavy atom. The van der Waals surface area contributed by atoms with E-state index >= 15 is 0 Å². The maximum atomic E-state index is 13.0. The number of rotatable bonds is 6. The Labute approximate surface area is 156 Å². The molecule has 0 unspecified atom stereocenters. The minimum absolute atomic E-state index is 0.0996. The van der Waals surface area contributed by atoms with Gasteiger partial charge >= 0.3 is 6.18 Å². The van der Waals surface area contributed by atoms with Gasteiger partial charge in [-0.05, 0) is 30.2 Å². The van der Waals surface area contributed by atoms with Crippen molar-refractivity contribution in [2.75, 3.05) is 11.9 Å². The van der Waals surface area contributed by atoms with E-state index in [1.807, 2.05) is 31.2 Å². The minimum Gasteiger partial charge on any atom is -0.338 e. The molecule has 0 spiro atoms. The Balaban J connectivity index is 2.01. The molecule has 0 saturated heterocycles. The molecular weight excluding hydrogens is 357 g/mol. The number of para-hydroxylation sites is 1. The standard InChI is InChI=1S/C20H21F3N2O2/c1-14-7-3-4-8-16(14)13-25(15(2)26)12-11-19(27)24-18-10-6-5-9-17(18)20(21,22)23/h3-10H,11-13H2,1-2H3,(H,24,27). The Kier molecular flexibility index (Phi) is 6.60. The predicted octanol–water partition coefficient (Wildman–Crippen LogP) is 4.39. The van der Waals surface area contributed by atoms with Gasteiger partial charge in [0, 0.05) is 26.4 Å². The summed E-state index contributed by atoms with van der Waals surface area (Å²) in [7, 11) is 0. The van der Waals surface area contributed by atoms with Crippen molar-refractivity contribution in [2.24, 2.45) is 0 Å². The molecule has 2 rings (SSSR count). The van der Waals surface area contributed by atoms with E-state index in [0.29, 0.717) is 6.54 Å². The maximum Gasteiger partial charge on any atom is 0.418 e. The highest BCUT2D eigenvalue weighted by Gasteiger charge is 2.33. The SMILES string of the molecule is CC(=O)N(CCC(=O)Nc1ccccc1C(F)(F)F)Cc1ccccc1C. The van der Waals surface area contributed by atoms with Crippen molar-refractivity contribution in [3.63, 3.8) is 0 Å². The number of carbonyl (C=O) groups is 2. The highest BCUT2D eigenvalue weighted by atomic mass is 19.4. The van der Waals surface area contributed by atoms with E-state index < -0.39 is 17.6 Å². The molecule has 2 amide bonds. The average molecular weight is 378 g/mol. The van der Waals surface area contributed by atoms with Crippen LogP contribution in [-0.4, -0.2) is 23.3 Å². The lowest BCUT2D eigenvalue weighted by Gasteiger charge is -2.22. The van der Waals surface area contributed by atoms with E-state index in [9.17, 15) is 22.8 Å². The van der Waals surface area contributed by atoms with Crippen LogP contribution in [0.3, 0.4) is 0 Å². The lowest BCUT2D eigenvalue weighted by Crippen LogP contribution is -2.32. The Morgan fingerprint density at radius 2 is 1.67 bits per heavy atom. The molecule has 2 aromatic rings. The Bertz CT molecular complexity index is 819. The van der Waals surface area contributed by atoms with Crippen molar-refractivity contribution in [3.8, 4) is 0 Å². The van der Waals surface area contributed by atoms with E-state index in [0.717, 1.165) is 17.2 Å². The Morgan fingerprint density at radius 3 is 2.30 bits per heavy atom. The first kappa shape index (κ1) is 20.5. The summed E-state index contributed by atoms with van der Waals surface area (Å²) in [4.78, 5) is 25.5. The number of carbonyl (C=O) groups excluding carboxylic acids is 2. The number of hydrogen-bond acceptors (Lipinski definition) is 2. The highest BCUT2D eigenvalue weighted by molar-refractivity contribution is 5.92. The molecule has 0 atom stereocenters. The van der Waals surface area contributed by atoms with Crippen LogP contribution in [0.15, 0.2) is 48.5 Å². The summed E-state index contributed by atoms with van der Waals surface area (Å²) >= 11 is 0. The van der Waals surface area contributed by atoms with Crippen molar-refractivity contribution in [3.05, 3.63) is 65.2 Å². The van der Waals surface area contributed by atoms with Crippen LogP contribution in [0.2, 0.25) is 0 Å². The molecule has 1 N–H and O–H groups in total. The first-order valence-corrected chi connectivity index (χ1v) is 8.44. The van der Waals surface area contributed by atoms with Crippen LogP contribution in [0, 0.1) is 6.92 Å². The van der Waals surface area contributed by atoms with Gasteiger partial charge < -0.3 is 10.2 Å². The summed E-state index contributed by atoms with van der Waals surface area (Å²) in [6, 6.07) is 12.4. The summed E-state index contributed by atoms with van der Waals surface area (Å²) < 4.78 is 39.0. The molecule has 0 saturated carbocycles. The number of halogens is 3. The van der Waals surface area contributed by atoms with Crippen LogP contribution in [0.4, 0.5) is 18.9 Å². The summed E-state index contributed by atoms with van der Waals surface area (Å²) in [5, 5.41) is 2.29.